The third-order valence-corrected chi connectivity index (χ3v) is 7.50. The molecule has 2 aliphatic heterocycles. The predicted octanol–water partition coefficient (Wildman–Crippen LogP) is 4.52. The molecule has 3 fully saturated rings. The molecule has 5 nitrogen and oxygen atoms in total. The highest BCUT2D eigenvalue weighted by molar-refractivity contribution is 8.26. The number of fused-ring (bicyclic) bond motifs is 1. The third kappa shape index (κ3) is 3.63. The molecule has 0 N–H and O–H groups in total. The van der Waals surface area contributed by atoms with Crippen molar-refractivity contribution in [2.45, 2.75) is 38.6 Å². The number of hydrogen-bond donors (Lipinski definition) is 0. The number of morpholine rings is 1. The van der Waals surface area contributed by atoms with Crippen LogP contribution in [0.3, 0.4) is 0 Å². The fourth-order valence-corrected chi connectivity index (χ4v) is 5.98. The molecule has 0 atom stereocenters. The van der Waals surface area contributed by atoms with Crippen LogP contribution in [0.5, 0.6) is 0 Å². The van der Waals surface area contributed by atoms with Gasteiger partial charge in [0, 0.05) is 30.1 Å². The second kappa shape index (κ2) is 8.29. The Hall–Kier alpha value is -1.96. The van der Waals surface area contributed by atoms with Gasteiger partial charge in [-0.05, 0) is 37.5 Å². The van der Waals surface area contributed by atoms with Gasteiger partial charge in [-0.25, -0.2) is 4.98 Å². The van der Waals surface area contributed by atoms with Gasteiger partial charge < -0.3 is 9.64 Å². The summed E-state index contributed by atoms with van der Waals surface area (Å²) in [6, 6.07) is 8.64. The number of pyridine rings is 1. The lowest BCUT2D eigenvalue weighted by molar-refractivity contribution is -0.123. The Morgan fingerprint density at radius 2 is 2.00 bits per heavy atom. The number of aromatic nitrogens is 1. The summed E-state index contributed by atoms with van der Waals surface area (Å²) < 4.78 is 6.23. The predicted molar refractivity (Wildman–Crippen MR) is 127 cm³/mol. The standard InChI is InChI=1S/C23H25N3O2S2/c1-15-5-4-6-16-13-17(21(24-20(15)16)25-9-11-28-12-10-25)14-19-22(27)26(23(29)30-19)18-7-2-3-8-18/h4-6,13-14,18H,2-3,7-12H2,1H3/b19-14-. The molecular formula is C23H25N3O2S2. The molecule has 5 rings (SSSR count). The molecule has 3 heterocycles. The van der Waals surface area contributed by atoms with Gasteiger partial charge in [0.15, 0.2) is 0 Å². The van der Waals surface area contributed by atoms with Gasteiger partial charge in [-0.3, -0.25) is 9.69 Å². The SMILES string of the molecule is Cc1cccc2cc(/C=C3\SC(=S)N(C4CCCC4)C3=O)c(N3CCOCC3)nc12. The fourth-order valence-electron chi connectivity index (χ4n) is 4.59. The van der Waals surface area contributed by atoms with Crippen LogP contribution in [0, 0.1) is 6.92 Å². The van der Waals surface area contributed by atoms with E-state index in [1.807, 2.05) is 11.0 Å². The smallest absolute Gasteiger partial charge is 0.266 e. The molecule has 2 saturated heterocycles. The number of thiocarbonyl (C=S) groups is 1. The summed E-state index contributed by atoms with van der Waals surface area (Å²) in [6.07, 6.45) is 6.45. The number of anilines is 1. The number of nitrogens with zero attached hydrogens (tertiary/aromatic N) is 3. The van der Waals surface area contributed by atoms with Crippen molar-refractivity contribution in [3.63, 3.8) is 0 Å². The van der Waals surface area contributed by atoms with E-state index >= 15 is 0 Å². The summed E-state index contributed by atoms with van der Waals surface area (Å²) in [5.41, 5.74) is 3.14. The first-order valence-corrected chi connectivity index (χ1v) is 11.8. The van der Waals surface area contributed by atoms with Gasteiger partial charge in [0.1, 0.15) is 10.1 Å². The quantitative estimate of drug-likeness (QED) is 0.517. The van der Waals surface area contributed by atoms with Gasteiger partial charge >= 0.3 is 0 Å². The van der Waals surface area contributed by atoms with E-state index in [0.29, 0.717) is 22.4 Å². The molecule has 1 amide bonds. The van der Waals surface area contributed by atoms with Crippen molar-refractivity contribution in [1.29, 1.82) is 0 Å². The second-order valence-corrected chi connectivity index (χ2v) is 9.81. The molecule has 0 bridgehead atoms. The van der Waals surface area contributed by atoms with Crippen LogP contribution in [0.4, 0.5) is 5.82 Å². The van der Waals surface area contributed by atoms with Crippen LogP contribution in [0.15, 0.2) is 29.2 Å². The minimum Gasteiger partial charge on any atom is -0.378 e. The van der Waals surface area contributed by atoms with Gasteiger partial charge in [0.25, 0.3) is 5.91 Å². The normalized spacial score (nSPS) is 22.1. The van der Waals surface area contributed by atoms with E-state index in [2.05, 4.69) is 36.1 Å². The number of benzene rings is 1. The van der Waals surface area contributed by atoms with Crippen molar-refractivity contribution < 1.29 is 9.53 Å². The van der Waals surface area contributed by atoms with Crippen molar-refractivity contribution in [2.24, 2.45) is 0 Å². The van der Waals surface area contributed by atoms with Gasteiger partial charge in [-0.15, -0.1) is 0 Å². The topological polar surface area (TPSA) is 45.7 Å². The summed E-state index contributed by atoms with van der Waals surface area (Å²) in [5, 5.41) is 1.09. The number of carbonyl (C=O) groups is 1. The van der Waals surface area contributed by atoms with E-state index in [0.717, 1.165) is 53.8 Å². The van der Waals surface area contributed by atoms with Crippen LogP contribution in [-0.4, -0.2) is 52.5 Å². The van der Waals surface area contributed by atoms with Crippen LogP contribution in [0.1, 0.15) is 36.8 Å². The minimum absolute atomic E-state index is 0.0502. The molecule has 1 aromatic heterocycles. The molecule has 0 spiro atoms. The highest BCUT2D eigenvalue weighted by atomic mass is 32.2. The first kappa shape index (κ1) is 20.0. The number of hydrogen-bond acceptors (Lipinski definition) is 6. The van der Waals surface area contributed by atoms with E-state index in [-0.39, 0.29) is 11.9 Å². The van der Waals surface area contributed by atoms with Crippen molar-refractivity contribution in [3.8, 4) is 0 Å². The van der Waals surface area contributed by atoms with Gasteiger partial charge in [-0.1, -0.05) is 55.0 Å². The van der Waals surface area contributed by atoms with E-state index in [1.165, 1.54) is 24.6 Å². The van der Waals surface area contributed by atoms with E-state index in [9.17, 15) is 4.79 Å². The third-order valence-electron chi connectivity index (χ3n) is 6.17. The fraction of sp³-hybridized carbons (Fsp3) is 0.435. The average Bonchev–Trinajstić information content (AvgIpc) is 3.36. The molecule has 2 aromatic rings. The van der Waals surface area contributed by atoms with E-state index in [1.54, 1.807) is 0 Å². The van der Waals surface area contributed by atoms with Gasteiger partial charge in [0.05, 0.1) is 23.6 Å². The molecule has 156 valence electrons. The molecule has 7 heteroatoms. The zero-order valence-corrected chi connectivity index (χ0v) is 18.7. The zero-order chi connectivity index (χ0) is 20.7. The van der Waals surface area contributed by atoms with Crippen molar-refractivity contribution in [2.75, 3.05) is 31.2 Å². The zero-order valence-electron chi connectivity index (χ0n) is 17.1. The minimum atomic E-state index is 0.0502. The lowest BCUT2D eigenvalue weighted by Gasteiger charge is -2.29. The molecule has 1 saturated carbocycles. The number of ether oxygens (including phenoxy) is 1. The maximum atomic E-state index is 13.2. The molecule has 0 radical (unpaired) electrons. The molecule has 0 unspecified atom stereocenters. The van der Waals surface area contributed by atoms with E-state index < -0.39 is 0 Å². The molecule has 30 heavy (non-hydrogen) atoms. The maximum absolute atomic E-state index is 13.2. The number of amides is 1. The molecule has 1 aliphatic carbocycles. The van der Waals surface area contributed by atoms with Crippen LogP contribution < -0.4 is 4.90 Å². The maximum Gasteiger partial charge on any atom is 0.266 e. The van der Waals surface area contributed by atoms with Crippen LogP contribution >= 0.6 is 24.0 Å². The van der Waals surface area contributed by atoms with Crippen LogP contribution in [0.25, 0.3) is 17.0 Å². The number of aryl methyl sites for hydroxylation is 1. The van der Waals surface area contributed by atoms with Crippen molar-refractivity contribution >= 4 is 57.0 Å². The summed E-state index contributed by atoms with van der Waals surface area (Å²) >= 11 is 7.01. The summed E-state index contributed by atoms with van der Waals surface area (Å²) in [7, 11) is 0. The summed E-state index contributed by atoms with van der Waals surface area (Å²) in [4.78, 5) is 23.1. The Balaban J connectivity index is 1.57. The van der Waals surface area contributed by atoms with Gasteiger partial charge in [0.2, 0.25) is 0 Å². The van der Waals surface area contributed by atoms with Gasteiger partial charge in [-0.2, -0.15) is 0 Å². The molecule has 1 aromatic carbocycles. The first-order valence-electron chi connectivity index (χ1n) is 10.6. The average molecular weight is 440 g/mol. The second-order valence-electron chi connectivity index (χ2n) is 8.14. The highest BCUT2D eigenvalue weighted by Crippen LogP contribution is 2.39. The Morgan fingerprint density at radius 1 is 1.23 bits per heavy atom. The molecular weight excluding hydrogens is 414 g/mol. The van der Waals surface area contributed by atoms with E-state index in [4.69, 9.17) is 21.9 Å². The number of rotatable bonds is 3. The number of thioether (sulfide) groups is 1. The van der Waals surface area contributed by atoms with Crippen LogP contribution in [-0.2, 0) is 9.53 Å². The van der Waals surface area contributed by atoms with Crippen LogP contribution in [0.2, 0.25) is 0 Å². The number of carbonyl (C=O) groups excluding carboxylic acids is 1. The highest BCUT2D eigenvalue weighted by Gasteiger charge is 2.38. The molecule has 3 aliphatic rings. The Bertz CT molecular complexity index is 1040. The van der Waals surface area contributed by atoms with Crippen molar-refractivity contribution in [3.05, 3.63) is 40.3 Å². The lowest BCUT2D eigenvalue weighted by atomic mass is 10.1. The Labute approximate surface area is 186 Å². The summed E-state index contributed by atoms with van der Waals surface area (Å²) in [6.45, 7) is 5.07. The van der Waals surface area contributed by atoms with Crippen molar-refractivity contribution in [1.82, 2.24) is 9.88 Å². The Kier molecular flexibility index (Phi) is 5.52. The number of para-hydroxylation sites is 1. The Morgan fingerprint density at radius 3 is 2.77 bits per heavy atom. The first-order chi connectivity index (χ1) is 14.6. The largest absolute Gasteiger partial charge is 0.378 e. The summed E-state index contributed by atoms with van der Waals surface area (Å²) in [5.74, 6) is 0.973. The monoisotopic (exact) mass is 439 g/mol. The lowest BCUT2D eigenvalue weighted by Crippen LogP contribution is -2.37.